The Labute approximate surface area is 248 Å². The summed E-state index contributed by atoms with van der Waals surface area (Å²) in [6, 6.07) is 0. The highest BCUT2D eigenvalue weighted by molar-refractivity contribution is 5.87. The summed E-state index contributed by atoms with van der Waals surface area (Å²) < 4.78 is 282. The Hall–Kier alpha value is -3.05. The zero-order valence-corrected chi connectivity index (χ0v) is 23.5. The zero-order valence-electron chi connectivity index (χ0n) is 23.5. The molecule has 47 heavy (non-hydrogen) atoms. The van der Waals surface area contributed by atoms with Gasteiger partial charge in [-0.1, -0.05) is 13.2 Å². The summed E-state index contributed by atoms with van der Waals surface area (Å²) in [5.41, 5.74) is -1.39. The smallest absolute Gasteiger partial charge is 0.457 e. The molecule has 0 spiro atoms. The quantitative estimate of drug-likeness (QED) is 0.120. The number of rotatable bonds is 11. The van der Waals surface area contributed by atoms with E-state index in [-0.39, 0.29) is 12.9 Å². The molecule has 0 amide bonds. The lowest BCUT2D eigenvalue weighted by molar-refractivity contribution is -0.482. The number of carbonyl (C=O) groups is 2. The van der Waals surface area contributed by atoms with E-state index in [0.29, 0.717) is 5.57 Å². The van der Waals surface area contributed by atoms with Crippen LogP contribution in [0.4, 0.5) is 92.2 Å². The number of alkyl halides is 21. The first-order valence-corrected chi connectivity index (χ1v) is 11.2. The molecule has 0 atom stereocenters. The van der Waals surface area contributed by atoms with E-state index in [0.717, 1.165) is 0 Å². The Bertz CT molecular complexity index is 1190. The van der Waals surface area contributed by atoms with Crippen molar-refractivity contribution in [2.75, 3.05) is 0 Å². The Morgan fingerprint density at radius 2 is 0.617 bits per heavy atom. The third kappa shape index (κ3) is 7.82. The zero-order chi connectivity index (χ0) is 39.2. The van der Waals surface area contributed by atoms with E-state index in [1.54, 1.807) is 6.92 Å². The molecule has 0 radical (unpaired) electrons. The van der Waals surface area contributed by atoms with Crippen molar-refractivity contribution in [3.05, 3.63) is 24.3 Å². The predicted molar refractivity (Wildman–Crippen MR) is 112 cm³/mol. The van der Waals surface area contributed by atoms with Crippen LogP contribution in [0.5, 0.6) is 0 Å². The van der Waals surface area contributed by atoms with Crippen molar-refractivity contribution in [2.45, 2.75) is 99.9 Å². The van der Waals surface area contributed by atoms with Crippen molar-refractivity contribution in [1.29, 1.82) is 0 Å². The maximum atomic E-state index is 13.5. The number of ether oxygens (including phenoxy) is 2. The number of hydrogen-bond donors (Lipinski definition) is 0. The van der Waals surface area contributed by atoms with Gasteiger partial charge in [-0.05, 0) is 34.6 Å². The molecule has 0 aliphatic carbocycles. The molecule has 0 saturated carbocycles. The molecule has 4 nitrogen and oxygen atoms in total. The Morgan fingerprint density at radius 3 is 0.809 bits per heavy atom. The van der Waals surface area contributed by atoms with Gasteiger partial charge in [0.25, 0.3) is 0 Å². The molecule has 0 fully saturated rings. The van der Waals surface area contributed by atoms with Crippen LogP contribution in [0.3, 0.4) is 0 Å². The molecule has 0 aliphatic heterocycles. The summed E-state index contributed by atoms with van der Waals surface area (Å²) in [7, 11) is 0. The van der Waals surface area contributed by atoms with E-state index < -0.39 is 76.8 Å². The molecule has 278 valence electrons. The standard InChI is InChI=1S/C14H5F21O2.C8H14O2/c1-3(2)4(36)37-14(34,35)12(29,30)10(25,26)8(21,22)6(17,18)5(15,16)7(19,20)9(23,24)11(27,28)13(31,32)33;1-6(2)7(9)10-8(3,4)5/h1H2,2H3;1H2,2-5H3. The van der Waals surface area contributed by atoms with Crippen LogP contribution in [0.2, 0.25) is 0 Å². The summed E-state index contributed by atoms with van der Waals surface area (Å²) in [4.78, 5) is 21.6. The molecule has 0 aliphatic rings. The Morgan fingerprint density at radius 1 is 0.404 bits per heavy atom. The predicted octanol–water partition coefficient (Wildman–Crippen LogP) is 9.25. The summed E-state index contributed by atoms with van der Waals surface area (Å²) in [6.07, 6.45) is -15.5. The van der Waals surface area contributed by atoms with Gasteiger partial charge in [-0.3, -0.25) is 0 Å². The van der Waals surface area contributed by atoms with Gasteiger partial charge in [0.1, 0.15) is 5.60 Å². The molecule has 0 aromatic carbocycles. The lowest BCUT2D eigenvalue weighted by atomic mass is 9.87. The molecule has 0 rings (SSSR count). The van der Waals surface area contributed by atoms with Crippen molar-refractivity contribution in [2.24, 2.45) is 0 Å². The first kappa shape index (κ1) is 46.1. The fraction of sp³-hybridized carbons (Fsp3) is 0.727. The molecular weight excluding hydrogens is 727 g/mol. The molecule has 0 heterocycles. The second-order valence-corrected chi connectivity index (χ2v) is 10.1. The lowest BCUT2D eigenvalue weighted by Gasteiger charge is -2.44. The van der Waals surface area contributed by atoms with E-state index in [1.807, 2.05) is 20.8 Å². The average Bonchev–Trinajstić information content (AvgIpc) is 2.81. The normalized spacial score (nSPS) is 14.9. The highest BCUT2D eigenvalue weighted by Gasteiger charge is 2.98. The number of hydrogen-bond acceptors (Lipinski definition) is 4. The first-order chi connectivity index (χ1) is 19.9. The van der Waals surface area contributed by atoms with Gasteiger partial charge >= 0.3 is 71.6 Å². The molecule has 0 bridgehead atoms. The van der Waals surface area contributed by atoms with Gasteiger partial charge < -0.3 is 9.47 Å². The van der Waals surface area contributed by atoms with Crippen molar-refractivity contribution in [3.63, 3.8) is 0 Å². The van der Waals surface area contributed by atoms with Gasteiger partial charge in [-0.15, -0.1) is 0 Å². The minimum absolute atomic E-state index is 0.289. The molecule has 0 N–H and O–H groups in total. The van der Waals surface area contributed by atoms with E-state index >= 15 is 0 Å². The van der Waals surface area contributed by atoms with Crippen LogP contribution in [-0.2, 0) is 19.1 Å². The van der Waals surface area contributed by atoms with Gasteiger partial charge in [0, 0.05) is 11.1 Å². The van der Waals surface area contributed by atoms with Gasteiger partial charge in [0.15, 0.2) is 0 Å². The summed E-state index contributed by atoms with van der Waals surface area (Å²) in [5.74, 6) is -74.6. The molecule has 0 saturated heterocycles. The van der Waals surface area contributed by atoms with Gasteiger partial charge in [0.2, 0.25) is 0 Å². The monoisotopic (exact) mass is 746 g/mol. The van der Waals surface area contributed by atoms with Crippen molar-refractivity contribution in [3.8, 4) is 0 Å². The first-order valence-electron chi connectivity index (χ1n) is 11.2. The van der Waals surface area contributed by atoms with Crippen molar-refractivity contribution >= 4 is 11.9 Å². The molecule has 25 heteroatoms. The van der Waals surface area contributed by atoms with Crippen LogP contribution in [0.25, 0.3) is 0 Å². The van der Waals surface area contributed by atoms with Crippen molar-refractivity contribution in [1.82, 2.24) is 0 Å². The Kier molecular flexibility index (Phi) is 12.5. The van der Waals surface area contributed by atoms with E-state index in [1.165, 1.54) is 0 Å². The third-order valence-corrected chi connectivity index (χ3v) is 4.80. The molecule has 0 unspecified atom stereocenters. The minimum Gasteiger partial charge on any atom is -0.457 e. The Balaban J connectivity index is 0. The minimum atomic E-state index is -9.26. The summed E-state index contributed by atoms with van der Waals surface area (Å²) >= 11 is 0. The lowest BCUT2D eigenvalue weighted by Crippen LogP contribution is -2.77. The second kappa shape index (κ2) is 12.8. The van der Waals surface area contributed by atoms with Gasteiger partial charge in [-0.25, -0.2) is 9.59 Å². The van der Waals surface area contributed by atoms with E-state index in [9.17, 15) is 102 Å². The highest BCUT2D eigenvalue weighted by atomic mass is 19.4. The third-order valence-electron chi connectivity index (χ3n) is 4.80. The maximum Gasteiger partial charge on any atom is 0.473 e. The summed E-state index contributed by atoms with van der Waals surface area (Å²) in [6.45, 7) is 13.3. The number of carbonyl (C=O) groups excluding carboxylic acids is 2. The van der Waals surface area contributed by atoms with Crippen LogP contribution in [0.15, 0.2) is 24.3 Å². The molecule has 0 aromatic rings. The SMILES string of the molecule is C=C(C)C(=O)OC(C)(C)C.C=C(C)C(=O)OC(F)(F)C(F)(F)C(F)(F)C(F)(F)C(F)(F)C(F)(F)C(F)(F)C(F)(F)C(F)(F)C(F)(F)F. The van der Waals surface area contributed by atoms with Gasteiger partial charge in [0.05, 0.1) is 0 Å². The van der Waals surface area contributed by atoms with Crippen molar-refractivity contribution < 1.29 is 111 Å². The van der Waals surface area contributed by atoms with Gasteiger partial charge in [-0.2, -0.15) is 92.2 Å². The average molecular weight is 746 g/mol. The van der Waals surface area contributed by atoms with Crippen LogP contribution in [0.1, 0.15) is 34.6 Å². The number of esters is 2. The van der Waals surface area contributed by atoms with E-state index in [4.69, 9.17) is 4.74 Å². The van der Waals surface area contributed by atoms with Crippen LogP contribution < -0.4 is 0 Å². The van der Waals surface area contributed by atoms with Crippen LogP contribution >= 0.6 is 0 Å². The second-order valence-electron chi connectivity index (χ2n) is 10.1. The molecular formula is C22H19F21O4. The summed E-state index contributed by atoms with van der Waals surface area (Å²) in [5, 5.41) is 0. The van der Waals surface area contributed by atoms with Crippen LogP contribution in [-0.4, -0.2) is 77.2 Å². The number of halogens is 21. The largest absolute Gasteiger partial charge is 0.473 e. The fourth-order valence-electron chi connectivity index (χ4n) is 2.18. The highest BCUT2D eigenvalue weighted by Crippen LogP contribution is 2.66. The van der Waals surface area contributed by atoms with E-state index in [2.05, 4.69) is 17.9 Å². The topological polar surface area (TPSA) is 52.6 Å². The fourth-order valence-corrected chi connectivity index (χ4v) is 2.18. The maximum absolute atomic E-state index is 13.5. The van der Waals surface area contributed by atoms with Crippen LogP contribution in [0, 0.1) is 0 Å². The molecule has 0 aromatic heterocycles.